The molecule has 0 unspecified atom stereocenters. The largest absolute Gasteiger partial charge is 0.360 e. The fourth-order valence-electron chi connectivity index (χ4n) is 1.85. The first-order valence-electron chi connectivity index (χ1n) is 6.06. The lowest BCUT2D eigenvalue weighted by molar-refractivity contribution is 0.265. The number of aryl methyl sites for hydroxylation is 1. The highest BCUT2D eigenvalue weighted by atomic mass is 16.5. The highest BCUT2D eigenvalue weighted by Crippen LogP contribution is 2.10. The molecule has 0 aliphatic carbocycles. The summed E-state index contributed by atoms with van der Waals surface area (Å²) in [5.74, 6) is 0.852. The maximum Gasteiger partial charge on any atom is 0.151 e. The molecule has 96 valence electrons. The smallest absolute Gasteiger partial charge is 0.151 e. The summed E-state index contributed by atoms with van der Waals surface area (Å²) in [6.07, 6.45) is 0. The van der Waals surface area contributed by atoms with Crippen molar-refractivity contribution in [2.45, 2.75) is 26.6 Å². The molecule has 1 aromatic heterocycles. The highest BCUT2D eigenvalue weighted by Gasteiger charge is 2.07. The van der Waals surface area contributed by atoms with Gasteiger partial charge in [-0.15, -0.1) is 0 Å². The Morgan fingerprint density at radius 1 is 1.22 bits per heavy atom. The molecule has 0 atom stereocenters. The molecule has 18 heavy (non-hydrogen) atoms. The van der Waals surface area contributed by atoms with E-state index in [4.69, 9.17) is 10.3 Å². The van der Waals surface area contributed by atoms with Gasteiger partial charge in [-0.05, 0) is 19.5 Å². The van der Waals surface area contributed by atoms with Crippen LogP contribution in [0.25, 0.3) is 0 Å². The Balaban J connectivity index is 1.91. The molecule has 0 aliphatic heterocycles. The van der Waals surface area contributed by atoms with Crippen molar-refractivity contribution in [3.05, 3.63) is 52.9 Å². The first kappa shape index (κ1) is 12.8. The number of aromatic nitrogens is 1. The molecule has 2 aromatic rings. The quantitative estimate of drug-likeness (QED) is 0.876. The van der Waals surface area contributed by atoms with Crippen molar-refractivity contribution in [3.8, 4) is 0 Å². The van der Waals surface area contributed by atoms with E-state index >= 15 is 0 Å². The molecule has 0 saturated heterocycles. The van der Waals surface area contributed by atoms with Gasteiger partial charge in [-0.1, -0.05) is 35.0 Å². The summed E-state index contributed by atoms with van der Waals surface area (Å²) in [5.41, 5.74) is 8.87. The summed E-state index contributed by atoms with van der Waals surface area (Å²) in [6.45, 7) is 4.14. The van der Waals surface area contributed by atoms with E-state index in [-0.39, 0.29) is 0 Å². The molecule has 0 aliphatic rings. The molecule has 0 bridgehead atoms. The van der Waals surface area contributed by atoms with Gasteiger partial charge in [-0.25, -0.2) is 0 Å². The summed E-state index contributed by atoms with van der Waals surface area (Å²) >= 11 is 0. The van der Waals surface area contributed by atoms with Crippen molar-refractivity contribution in [2.24, 2.45) is 5.73 Å². The van der Waals surface area contributed by atoms with Crippen molar-refractivity contribution in [2.75, 3.05) is 7.05 Å². The van der Waals surface area contributed by atoms with E-state index in [1.54, 1.807) is 0 Å². The van der Waals surface area contributed by atoms with Gasteiger partial charge in [0.2, 0.25) is 0 Å². The molecule has 4 heteroatoms. The van der Waals surface area contributed by atoms with E-state index in [1.165, 1.54) is 11.1 Å². The molecule has 0 fully saturated rings. The number of nitrogens with zero attached hydrogens (tertiary/aromatic N) is 2. The molecule has 1 aromatic carbocycles. The van der Waals surface area contributed by atoms with Gasteiger partial charge in [0.25, 0.3) is 0 Å². The molecule has 0 spiro atoms. The highest BCUT2D eigenvalue weighted by molar-refractivity contribution is 5.21. The van der Waals surface area contributed by atoms with Gasteiger partial charge in [0.1, 0.15) is 0 Å². The van der Waals surface area contributed by atoms with Crippen molar-refractivity contribution in [1.29, 1.82) is 0 Å². The zero-order valence-corrected chi connectivity index (χ0v) is 10.9. The van der Waals surface area contributed by atoms with E-state index in [0.717, 1.165) is 24.5 Å². The van der Waals surface area contributed by atoms with Crippen LogP contribution in [0.4, 0.5) is 0 Å². The Morgan fingerprint density at radius 2 is 1.94 bits per heavy atom. The zero-order valence-electron chi connectivity index (χ0n) is 10.9. The summed E-state index contributed by atoms with van der Waals surface area (Å²) in [6, 6.07) is 10.5. The second-order valence-electron chi connectivity index (χ2n) is 4.65. The van der Waals surface area contributed by atoms with Gasteiger partial charge in [0, 0.05) is 19.2 Å². The van der Waals surface area contributed by atoms with Gasteiger partial charge in [0.15, 0.2) is 5.76 Å². The van der Waals surface area contributed by atoms with E-state index in [1.807, 2.05) is 6.07 Å². The van der Waals surface area contributed by atoms with Crippen molar-refractivity contribution < 1.29 is 4.52 Å². The molecule has 0 amide bonds. The minimum atomic E-state index is 0.422. The van der Waals surface area contributed by atoms with Crippen LogP contribution >= 0.6 is 0 Å². The predicted octanol–water partition coefficient (Wildman–Crippen LogP) is 2.07. The maximum atomic E-state index is 5.50. The van der Waals surface area contributed by atoms with E-state index < -0.39 is 0 Å². The lowest BCUT2D eigenvalue weighted by atomic mass is 10.1. The second kappa shape index (κ2) is 5.80. The standard InChI is InChI=1S/C14H19N3O/c1-11-3-5-12(6-4-11)9-17(2)10-14-7-13(8-15)16-18-14/h3-7H,8-10,15H2,1-2H3. The molecule has 0 saturated carbocycles. The molecule has 0 radical (unpaired) electrons. The predicted molar refractivity (Wildman–Crippen MR) is 70.7 cm³/mol. The van der Waals surface area contributed by atoms with Crippen LogP contribution in [0.5, 0.6) is 0 Å². The Kier molecular flexibility index (Phi) is 4.12. The Morgan fingerprint density at radius 3 is 2.56 bits per heavy atom. The van der Waals surface area contributed by atoms with Crippen LogP contribution in [0.15, 0.2) is 34.9 Å². The van der Waals surface area contributed by atoms with Crippen LogP contribution in [-0.2, 0) is 19.6 Å². The van der Waals surface area contributed by atoms with Gasteiger partial charge in [-0.2, -0.15) is 0 Å². The van der Waals surface area contributed by atoms with Crippen LogP contribution in [-0.4, -0.2) is 17.1 Å². The Hall–Kier alpha value is -1.65. The fourth-order valence-corrected chi connectivity index (χ4v) is 1.85. The molecule has 2 N–H and O–H groups in total. The third-order valence-corrected chi connectivity index (χ3v) is 2.82. The van der Waals surface area contributed by atoms with Gasteiger partial charge >= 0.3 is 0 Å². The monoisotopic (exact) mass is 245 g/mol. The lowest BCUT2D eigenvalue weighted by Crippen LogP contribution is -2.16. The minimum absolute atomic E-state index is 0.422. The first-order chi connectivity index (χ1) is 8.67. The van der Waals surface area contributed by atoms with Crippen molar-refractivity contribution in [1.82, 2.24) is 10.1 Å². The summed E-state index contributed by atoms with van der Waals surface area (Å²) in [7, 11) is 2.06. The third-order valence-electron chi connectivity index (χ3n) is 2.82. The first-order valence-corrected chi connectivity index (χ1v) is 6.06. The minimum Gasteiger partial charge on any atom is -0.360 e. The van der Waals surface area contributed by atoms with Crippen LogP contribution in [0.3, 0.4) is 0 Å². The summed E-state index contributed by atoms with van der Waals surface area (Å²) < 4.78 is 5.21. The molecular formula is C14H19N3O. The van der Waals surface area contributed by atoms with Crippen LogP contribution < -0.4 is 5.73 Å². The molecule has 2 rings (SSSR count). The fraction of sp³-hybridized carbons (Fsp3) is 0.357. The lowest BCUT2D eigenvalue weighted by Gasteiger charge is -2.14. The third kappa shape index (κ3) is 3.42. The molecule has 4 nitrogen and oxygen atoms in total. The van der Waals surface area contributed by atoms with Crippen molar-refractivity contribution in [3.63, 3.8) is 0 Å². The van der Waals surface area contributed by atoms with E-state index in [0.29, 0.717) is 6.54 Å². The number of nitrogens with two attached hydrogens (primary N) is 1. The average molecular weight is 245 g/mol. The van der Waals surface area contributed by atoms with Crippen LogP contribution in [0.2, 0.25) is 0 Å². The SMILES string of the molecule is Cc1ccc(CN(C)Cc2cc(CN)no2)cc1. The Bertz CT molecular complexity index is 490. The number of hydrogen-bond acceptors (Lipinski definition) is 4. The van der Waals surface area contributed by atoms with Gasteiger partial charge < -0.3 is 10.3 Å². The van der Waals surface area contributed by atoms with Crippen LogP contribution in [0.1, 0.15) is 22.6 Å². The van der Waals surface area contributed by atoms with Gasteiger partial charge in [0.05, 0.1) is 12.2 Å². The normalized spacial score (nSPS) is 11.1. The number of benzene rings is 1. The average Bonchev–Trinajstić information content (AvgIpc) is 2.79. The Labute approximate surface area is 107 Å². The topological polar surface area (TPSA) is 55.3 Å². The zero-order chi connectivity index (χ0) is 13.0. The van der Waals surface area contributed by atoms with E-state index in [9.17, 15) is 0 Å². The van der Waals surface area contributed by atoms with Crippen molar-refractivity contribution >= 4 is 0 Å². The molecular weight excluding hydrogens is 226 g/mol. The number of rotatable bonds is 5. The van der Waals surface area contributed by atoms with E-state index in [2.05, 4.69) is 48.3 Å². The summed E-state index contributed by atoms with van der Waals surface area (Å²) in [4.78, 5) is 2.19. The second-order valence-corrected chi connectivity index (χ2v) is 4.65. The summed E-state index contributed by atoms with van der Waals surface area (Å²) in [5, 5.41) is 3.88. The number of hydrogen-bond donors (Lipinski definition) is 1. The maximum absolute atomic E-state index is 5.50. The van der Waals surface area contributed by atoms with Crippen LogP contribution in [0, 0.1) is 6.92 Å². The van der Waals surface area contributed by atoms with Gasteiger partial charge in [-0.3, -0.25) is 4.90 Å². The molecule has 1 heterocycles.